The number of fused-ring (bicyclic) bond motifs is 1. The van der Waals surface area contributed by atoms with Crippen molar-refractivity contribution >= 4 is 45.5 Å². The number of ketones is 1. The van der Waals surface area contributed by atoms with E-state index in [9.17, 15) is 19.1 Å². The number of benzene rings is 4. The lowest BCUT2D eigenvalue weighted by Gasteiger charge is -2.26. The van der Waals surface area contributed by atoms with E-state index in [4.69, 9.17) is 16.3 Å². The number of hydrogen-bond acceptors (Lipinski definition) is 4. The highest BCUT2D eigenvalue weighted by molar-refractivity contribution is 6.52. The Labute approximate surface area is 205 Å². The third-order valence-electron chi connectivity index (χ3n) is 6.08. The number of anilines is 1. The number of methoxy groups -OCH3 is 1. The van der Waals surface area contributed by atoms with Crippen molar-refractivity contribution in [1.82, 2.24) is 0 Å². The van der Waals surface area contributed by atoms with Crippen molar-refractivity contribution in [3.63, 3.8) is 0 Å². The number of rotatable bonds is 4. The predicted octanol–water partition coefficient (Wildman–Crippen LogP) is 6.27. The highest BCUT2D eigenvalue weighted by Crippen LogP contribution is 2.45. The second-order valence-corrected chi connectivity index (χ2v) is 8.48. The summed E-state index contributed by atoms with van der Waals surface area (Å²) in [6.45, 7) is 0. The first-order valence-electron chi connectivity index (χ1n) is 10.8. The minimum atomic E-state index is -1.03. The molecule has 1 unspecified atom stereocenters. The van der Waals surface area contributed by atoms with Crippen molar-refractivity contribution in [3.8, 4) is 5.75 Å². The number of aliphatic hydroxyl groups is 1. The second kappa shape index (κ2) is 8.89. The van der Waals surface area contributed by atoms with E-state index in [1.54, 1.807) is 36.4 Å². The fraction of sp³-hybridized carbons (Fsp3) is 0.0714. The van der Waals surface area contributed by atoms with Gasteiger partial charge in [0.15, 0.2) is 0 Å². The van der Waals surface area contributed by atoms with Crippen LogP contribution in [-0.4, -0.2) is 23.9 Å². The highest BCUT2D eigenvalue weighted by Gasteiger charge is 2.48. The minimum Gasteiger partial charge on any atom is -0.507 e. The molecule has 1 N–H and O–H groups in total. The van der Waals surface area contributed by atoms with Gasteiger partial charge in [-0.25, -0.2) is 4.39 Å². The lowest BCUT2D eigenvalue weighted by atomic mass is 9.93. The number of halogens is 2. The van der Waals surface area contributed by atoms with Crippen LogP contribution in [0, 0.1) is 5.82 Å². The van der Waals surface area contributed by atoms with Crippen molar-refractivity contribution in [2.75, 3.05) is 12.0 Å². The SMILES string of the molecule is COc1ccccc1C1/C(=C(\O)c2ccc3ccccc3c2)C(=O)C(=O)N1c1ccc(F)c(Cl)c1. The van der Waals surface area contributed by atoms with Gasteiger partial charge in [-0.05, 0) is 41.1 Å². The van der Waals surface area contributed by atoms with Gasteiger partial charge in [-0.3, -0.25) is 14.5 Å². The predicted molar refractivity (Wildman–Crippen MR) is 133 cm³/mol. The summed E-state index contributed by atoms with van der Waals surface area (Å²) in [7, 11) is 1.48. The molecule has 1 fully saturated rings. The van der Waals surface area contributed by atoms with Crippen molar-refractivity contribution in [3.05, 3.63) is 112 Å². The Kier molecular flexibility index (Phi) is 5.75. The molecule has 0 radical (unpaired) electrons. The first kappa shape index (κ1) is 22.6. The lowest BCUT2D eigenvalue weighted by Crippen LogP contribution is -2.29. The number of hydrogen-bond donors (Lipinski definition) is 1. The van der Waals surface area contributed by atoms with E-state index in [2.05, 4.69) is 0 Å². The minimum absolute atomic E-state index is 0.102. The Morgan fingerprint density at radius 3 is 2.40 bits per heavy atom. The fourth-order valence-corrected chi connectivity index (χ4v) is 4.59. The summed E-state index contributed by atoms with van der Waals surface area (Å²) in [6, 6.07) is 22.5. The van der Waals surface area contributed by atoms with Crippen molar-refractivity contribution < 1.29 is 23.8 Å². The maximum absolute atomic E-state index is 13.9. The van der Waals surface area contributed by atoms with Crippen LogP contribution < -0.4 is 9.64 Å². The molecule has 5 rings (SSSR count). The molecule has 0 spiro atoms. The first-order chi connectivity index (χ1) is 16.9. The number of para-hydroxylation sites is 1. The number of ether oxygens (including phenoxy) is 1. The molecule has 1 atom stereocenters. The third-order valence-corrected chi connectivity index (χ3v) is 6.37. The Morgan fingerprint density at radius 1 is 0.943 bits per heavy atom. The van der Waals surface area contributed by atoms with Gasteiger partial charge in [0.25, 0.3) is 11.7 Å². The van der Waals surface area contributed by atoms with Gasteiger partial charge in [-0.2, -0.15) is 0 Å². The quantitative estimate of drug-likeness (QED) is 0.209. The molecule has 1 amide bonds. The molecular formula is C28H19ClFNO4. The van der Waals surface area contributed by atoms with Crippen LogP contribution >= 0.6 is 11.6 Å². The molecule has 0 bridgehead atoms. The maximum Gasteiger partial charge on any atom is 0.300 e. The van der Waals surface area contributed by atoms with Crippen LogP contribution in [0.4, 0.5) is 10.1 Å². The van der Waals surface area contributed by atoms with E-state index in [0.29, 0.717) is 16.9 Å². The first-order valence-corrected chi connectivity index (χ1v) is 11.2. The van der Waals surface area contributed by atoms with E-state index in [1.807, 2.05) is 30.3 Å². The molecule has 1 aliphatic rings. The molecular weight excluding hydrogens is 469 g/mol. The number of Topliss-reactive ketones (excluding diaryl/α,β-unsaturated/α-hetero) is 1. The van der Waals surface area contributed by atoms with Crippen LogP contribution in [0.25, 0.3) is 16.5 Å². The zero-order valence-electron chi connectivity index (χ0n) is 18.5. The van der Waals surface area contributed by atoms with Crippen LogP contribution in [0.15, 0.2) is 90.5 Å². The molecule has 1 saturated heterocycles. The average molecular weight is 488 g/mol. The van der Waals surface area contributed by atoms with Crippen molar-refractivity contribution in [1.29, 1.82) is 0 Å². The lowest BCUT2D eigenvalue weighted by molar-refractivity contribution is -0.132. The van der Waals surface area contributed by atoms with Crippen LogP contribution in [0.1, 0.15) is 17.2 Å². The molecule has 1 heterocycles. The van der Waals surface area contributed by atoms with Gasteiger partial charge in [-0.15, -0.1) is 0 Å². The van der Waals surface area contributed by atoms with E-state index >= 15 is 0 Å². The molecule has 0 aromatic heterocycles. The Bertz CT molecular complexity index is 1530. The van der Waals surface area contributed by atoms with Gasteiger partial charge >= 0.3 is 0 Å². The monoisotopic (exact) mass is 487 g/mol. The van der Waals surface area contributed by atoms with Gasteiger partial charge in [0.1, 0.15) is 17.3 Å². The summed E-state index contributed by atoms with van der Waals surface area (Å²) >= 11 is 5.99. The molecule has 4 aromatic rings. The van der Waals surface area contributed by atoms with Crippen LogP contribution in [-0.2, 0) is 9.59 Å². The smallest absolute Gasteiger partial charge is 0.300 e. The number of aliphatic hydroxyl groups excluding tert-OH is 1. The molecule has 5 nitrogen and oxygen atoms in total. The molecule has 7 heteroatoms. The number of carbonyl (C=O) groups is 2. The van der Waals surface area contributed by atoms with E-state index < -0.39 is 23.5 Å². The maximum atomic E-state index is 13.9. The molecule has 1 aliphatic heterocycles. The Morgan fingerprint density at radius 2 is 1.66 bits per heavy atom. The van der Waals surface area contributed by atoms with Gasteiger partial charge in [0, 0.05) is 16.8 Å². The van der Waals surface area contributed by atoms with Gasteiger partial charge in [0.2, 0.25) is 0 Å². The van der Waals surface area contributed by atoms with E-state index in [-0.39, 0.29) is 22.0 Å². The number of amides is 1. The summed E-state index contributed by atoms with van der Waals surface area (Å²) in [5.41, 5.74) is 0.984. The average Bonchev–Trinajstić information content (AvgIpc) is 3.15. The second-order valence-electron chi connectivity index (χ2n) is 8.07. The molecule has 0 saturated carbocycles. The van der Waals surface area contributed by atoms with E-state index in [1.165, 1.54) is 24.1 Å². The summed E-state index contributed by atoms with van der Waals surface area (Å²) in [6.07, 6.45) is 0. The Balaban J connectivity index is 1.76. The van der Waals surface area contributed by atoms with Gasteiger partial charge in [-0.1, -0.05) is 66.2 Å². The molecule has 0 aliphatic carbocycles. The van der Waals surface area contributed by atoms with Gasteiger partial charge < -0.3 is 9.84 Å². The third kappa shape index (κ3) is 3.82. The Hall–Kier alpha value is -4.16. The van der Waals surface area contributed by atoms with Crippen LogP contribution in [0.2, 0.25) is 5.02 Å². The fourth-order valence-electron chi connectivity index (χ4n) is 4.41. The van der Waals surface area contributed by atoms with Crippen LogP contribution in [0.5, 0.6) is 5.75 Å². The molecule has 4 aromatic carbocycles. The molecule has 35 heavy (non-hydrogen) atoms. The summed E-state index contributed by atoms with van der Waals surface area (Å²) in [5.74, 6) is -2.29. The van der Waals surface area contributed by atoms with Gasteiger partial charge in [0.05, 0.1) is 23.7 Å². The van der Waals surface area contributed by atoms with Crippen molar-refractivity contribution in [2.24, 2.45) is 0 Å². The zero-order valence-corrected chi connectivity index (χ0v) is 19.3. The largest absolute Gasteiger partial charge is 0.507 e. The van der Waals surface area contributed by atoms with Crippen LogP contribution in [0.3, 0.4) is 0 Å². The zero-order chi connectivity index (χ0) is 24.7. The molecule has 174 valence electrons. The highest BCUT2D eigenvalue weighted by atomic mass is 35.5. The summed E-state index contributed by atoms with van der Waals surface area (Å²) in [5, 5.41) is 13.0. The number of nitrogens with zero attached hydrogens (tertiary/aromatic N) is 1. The summed E-state index contributed by atoms with van der Waals surface area (Å²) < 4.78 is 19.4. The topological polar surface area (TPSA) is 66.8 Å². The van der Waals surface area contributed by atoms with Crippen molar-refractivity contribution in [2.45, 2.75) is 6.04 Å². The standard InChI is InChI=1S/C28H19ClFNO4/c1-35-23-9-5-4-8-20(23)25-24(26(32)18-11-10-16-6-2-3-7-17(16)14-18)27(33)28(34)31(25)19-12-13-22(30)21(29)15-19/h2-15,25,32H,1H3/b26-24+. The normalized spacial score (nSPS) is 17.2. The van der Waals surface area contributed by atoms with E-state index in [0.717, 1.165) is 16.8 Å². The number of carbonyl (C=O) groups excluding carboxylic acids is 2. The summed E-state index contributed by atoms with van der Waals surface area (Å²) in [4.78, 5) is 27.8.